The summed E-state index contributed by atoms with van der Waals surface area (Å²) < 4.78 is 8.07. The largest absolute Gasteiger partial charge is 0.454 e. The Hall–Kier alpha value is -4.18. The molecule has 0 radical (unpaired) electrons. The fraction of sp³-hybridized carbons (Fsp3) is 0. The van der Waals surface area contributed by atoms with Crippen molar-refractivity contribution in [3.63, 3.8) is 0 Å². The summed E-state index contributed by atoms with van der Waals surface area (Å²) in [5.74, 6) is 0. The summed E-state index contributed by atoms with van der Waals surface area (Å²) in [6.07, 6.45) is 0. The van der Waals surface area contributed by atoms with E-state index < -0.39 is 0 Å². The predicted octanol–water partition coefficient (Wildman–Crippen LogP) is 6.16. The lowest BCUT2D eigenvalue weighted by Gasteiger charge is -2.07. The van der Waals surface area contributed by atoms with Crippen LogP contribution in [0.25, 0.3) is 38.5 Å². The van der Waals surface area contributed by atoms with Crippen LogP contribution in [0.4, 0.5) is 5.69 Å². The Morgan fingerprint density at radius 3 is 2.27 bits per heavy atom. The van der Waals surface area contributed by atoms with Crippen LogP contribution in [-0.2, 0) is 0 Å². The molecule has 0 bridgehead atoms. The summed E-state index contributed by atoms with van der Waals surface area (Å²) in [6.45, 7) is 0. The maximum Gasteiger partial charge on any atom is 0.159 e. The van der Waals surface area contributed by atoms with Gasteiger partial charge >= 0.3 is 0 Å². The first-order chi connectivity index (χ1) is 14.9. The first-order valence-electron chi connectivity index (χ1n) is 9.86. The van der Waals surface area contributed by atoms with Crippen molar-refractivity contribution in [1.82, 2.24) is 9.78 Å². The minimum absolute atomic E-state index is 0.711. The van der Waals surface area contributed by atoms with Crippen LogP contribution in [0.2, 0.25) is 0 Å². The second-order valence-corrected chi connectivity index (χ2v) is 7.17. The predicted molar refractivity (Wildman–Crippen MR) is 120 cm³/mol. The van der Waals surface area contributed by atoms with E-state index in [1.54, 1.807) is 0 Å². The van der Waals surface area contributed by atoms with E-state index in [9.17, 15) is 0 Å². The maximum atomic E-state index is 6.19. The molecule has 0 unspecified atom stereocenters. The van der Waals surface area contributed by atoms with Gasteiger partial charge in [-0.05, 0) is 41.1 Å². The third-order valence-corrected chi connectivity index (χ3v) is 5.26. The van der Waals surface area contributed by atoms with Gasteiger partial charge in [0.25, 0.3) is 0 Å². The van der Waals surface area contributed by atoms with Crippen LogP contribution in [0.15, 0.2) is 113 Å². The van der Waals surface area contributed by atoms with Crippen molar-refractivity contribution in [1.29, 1.82) is 0 Å². The van der Waals surface area contributed by atoms with Gasteiger partial charge in [0.05, 0.1) is 16.8 Å². The van der Waals surface area contributed by atoms with Crippen LogP contribution < -0.4 is 5.49 Å². The average Bonchev–Trinajstić information content (AvgIpc) is 3.18. The summed E-state index contributed by atoms with van der Waals surface area (Å²) in [6, 6.07) is 34.3. The van der Waals surface area contributed by atoms with Crippen LogP contribution in [0.5, 0.6) is 0 Å². The standard InChI is InChI=1S/C26H17N3O/c1-3-10-19(11-4-1)27-24-17-23-26(28-29(24)20-12-5-2-6-13-20)25-21-14-8-7-9-18(21)15-16-22(25)30-23/h1-17H. The molecule has 0 aliphatic rings. The molecule has 0 spiro atoms. The summed E-state index contributed by atoms with van der Waals surface area (Å²) >= 11 is 0. The van der Waals surface area contributed by atoms with Crippen LogP contribution in [0.3, 0.4) is 0 Å². The van der Waals surface area contributed by atoms with Crippen molar-refractivity contribution in [3.8, 4) is 5.69 Å². The zero-order valence-corrected chi connectivity index (χ0v) is 16.1. The van der Waals surface area contributed by atoms with E-state index >= 15 is 0 Å². The average molecular weight is 387 g/mol. The molecule has 0 saturated carbocycles. The first-order valence-corrected chi connectivity index (χ1v) is 9.86. The Morgan fingerprint density at radius 2 is 1.43 bits per heavy atom. The first kappa shape index (κ1) is 16.7. The van der Waals surface area contributed by atoms with Crippen molar-refractivity contribution in [2.24, 2.45) is 4.99 Å². The van der Waals surface area contributed by atoms with Gasteiger partial charge in [-0.2, -0.15) is 5.10 Å². The molecule has 0 fully saturated rings. The minimum Gasteiger partial charge on any atom is -0.454 e. The second-order valence-electron chi connectivity index (χ2n) is 7.17. The van der Waals surface area contributed by atoms with Gasteiger partial charge in [0.15, 0.2) is 11.1 Å². The number of hydrogen-bond donors (Lipinski definition) is 0. The van der Waals surface area contributed by atoms with E-state index in [0.29, 0.717) is 5.49 Å². The highest BCUT2D eigenvalue weighted by Gasteiger charge is 2.14. The lowest BCUT2D eigenvalue weighted by Crippen LogP contribution is -2.21. The molecular formula is C26H17N3O. The molecule has 30 heavy (non-hydrogen) atoms. The molecule has 0 atom stereocenters. The highest BCUT2D eigenvalue weighted by Crippen LogP contribution is 2.32. The molecule has 0 amide bonds. The molecule has 0 saturated heterocycles. The third-order valence-electron chi connectivity index (χ3n) is 5.26. The molecule has 4 heteroatoms. The van der Waals surface area contributed by atoms with Gasteiger partial charge < -0.3 is 4.42 Å². The molecular weight excluding hydrogens is 370 g/mol. The molecule has 2 aromatic heterocycles. The van der Waals surface area contributed by atoms with Gasteiger partial charge in [0.1, 0.15) is 11.1 Å². The molecule has 2 heterocycles. The van der Waals surface area contributed by atoms with Crippen molar-refractivity contribution in [2.45, 2.75) is 0 Å². The third kappa shape index (κ3) is 2.70. The highest BCUT2D eigenvalue weighted by molar-refractivity contribution is 6.17. The SMILES string of the molecule is c1ccc(N=c2cc3oc4ccc5ccccc5c4c3nn2-c2ccccc2)cc1. The van der Waals surface area contributed by atoms with Crippen molar-refractivity contribution in [2.75, 3.05) is 0 Å². The smallest absolute Gasteiger partial charge is 0.159 e. The lowest BCUT2D eigenvalue weighted by molar-refractivity contribution is 0.662. The van der Waals surface area contributed by atoms with E-state index in [1.807, 2.05) is 89.6 Å². The zero-order valence-electron chi connectivity index (χ0n) is 16.1. The molecule has 6 aromatic rings. The number of para-hydroxylation sites is 2. The van der Waals surface area contributed by atoms with Gasteiger partial charge in [-0.15, -0.1) is 0 Å². The normalized spacial score (nSPS) is 12.2. The van der Waals surface area contributed by atoms with E-state index in [-0.39, 0.29) is 0 Å². The van der Waals surface area contributed by atoms with E-state index in [1.165, 1.54) is 5.39 Å². The number of fused-ring (bicyclic) bond motifs is 5. The van der Waals surface area contributed by atoms with Crippen LogP contribution >= 0.6 is 0 Å². The van der Waals surface area contributed by atoms with Crippen molar-refractivity contribution >= 4 is 38.5 Å². The van der Waals surface area contributed by atoms with E-state index in [4.69, 9.17) is 14.5 Å². The monoisotopic (exact) mass is 387 g/mol. The summed E-state index contributed by atoms with van der Waals surface area (Å²) in [5.41, 5.74) is 4.91. The molecule has 4 nitrogen and oxygen atoms in total. The Bertz CT molecular complexity index is 1580. The van der Waals surface area contributed by atoms with Crippen LogP contribution in [0, 0.1) is 0 Å². The zero-order chi connectivity index (χ0) is 19.9. The molecule has 0 aliphatic carbocycles. The number of rotatable bonds is 2. The number of hydrogen-bond acceptors (Lipinski definition) is 3. The van der Waals surface area contributed by atoms with Crippen LogP contribution in [0.1, 0.15) is 0 Å². The highest BCUT2D eigenvalue weighted by atomic mass is 16.3. The fourth-order valence-electron chi connectivity index (χ4n) is 3.87. The number of benzene rings is 4. The van der Waals surface area contributed by atoms with Gasteiger partial charge in [0.2, 0.25) is 0 Å². The Labute approximate surface area is 172 Å². The minimum atomic E-state index is 0.711. The maximum absolute atomic E-state index is 6.19. The topological polar surface area (TPSA) is 43.3 Å². The Morgan fingerprint density at radius 1 is 0.700 bits per heavy atom. The van der Waals surface area contributed by atoms with Gasteiger partial charge in [0, 0.05) is 6.07 Å². The molecule has 142 valence electrons. The number of nitrogens with zero attached hydrogens (tertiary/aromatic N) is 3. The lowest BCUT2D eigenvalue weighted by atomic mass is 10.1. The quantitative estimate of drug-likeness (QED) is 0.357. The number of furan rings is 1. The Balaban J connectivity index is 1.75. The van der Waals surface area contributed by atoms with Crippen molar-refractivity contribution in [3.05, 3.63) is 109 Å². The van der Waals surface area contributed by atoms with Gasteiger partial charge in [-0.1, -0.05) is 66.7 Å². The van der Waals surface area contributed by atoms with Gasteiger partial charge in [-0.3, -0.25) is 0 Å². The van der Waals surface area contributed by atoms with E-state index in [2.05, 4.69) is 18.2 Å². The second kappa shape index (κ2) is 6.71. The number of aromatic nitrogens is 2. The molecule has 0 N–H and O–H groups in total. The summed E-state index contributed by atoms with van der Waals surface area (Å²) in [4.78, 5) is 4.84. The van der Waals surface area contributed by atoms with Crippen molar-refractivity contribution < 1.29 is 4.42 Å². The fourth-order valence-corrected chi connectivity index (χ4v) is 3.87. The van der Waals surface area contributed by atoms with Gasteiger partial charge in [-0.25, -0.2) is 9.67 Å². The molecule has 4 aromatic carbocycles. The molecule has 0 aliphatic heterocycles. The van der Waals surface area contributed by atoms with E-state index in [0.717, 1.165) is 38.8 Å². The van der Waals surface area contributed by atoms with Crippen LogP contribution in [-0.4, -0.2) is 9.78 Å². The molecule has 6 rings (SSSR count). The summed E-state index contributed by atoms with van der Waals surface area (Å²) in [5, 5.41) is 8.33. The Kier molecular flexibility index (Phi) is 3.74. The summed E-state index contributed by atoms with van der Waals surface area (Å²) in [7, 11) is 0.